The third kappa shape index (κ3) is 4.76. The Morgan fingerprint density at radius 1 is 1.22 bits per heavy atom. The molecular weight excluding hydrogens is 424 g/mol. The number of fused-ring (bicyclic) bond motifs is 1. The maximum Gasteiger partial charge on any atom is 0.339 e. The van der Waals surface area contributed by atoms with Crippen LogP contribution in [0.5, 0.6) is 5.75 Å². The van der Waals surface area contributed by atoms with E-state index in [4.69, 9.17) is 4.74 Å². The summed E-state index contributed by atoms with van der Waals surface area (Å²) in [5, 5.41) is 15.0. The number of rotatable bonds is 7. The van der Waals surface area contributed by atoms with Crippen molar-refractivity contribution in [3.05, 3.63) is 35.7 Å². The molecule has 2 aromatic heterocycles. The average Bonchev–Trinajstić information content (AvgIpc) is 3.54. The Bertz CT molecular complexity index is 1140. The van der Waals surface area contributed by atoms with Gasteiger partial charge < -0.3 is 25.5 Å². The normalized spacial score (nSPS) is 12.8. The highest BCUT2D eigenvalue weighted by Crippen LogP contribution is 2.35. The smallest absolute Gasteiger partial charge is 0.339 e. The number of amides is 1. The number of aromatic carboxylic acids is 1. The quantitative estimate of drug-likeness (QED) is 0.412. The van der Waals surface area contributed by atoms with Crippen molar-refractivity contribution in [1.82, 2.24) is 15.0 Å². The van der Waals surface area contributed by atoms with E-state index in [1.54, 1.807) is 6.07 Å². The summed E-state index contributed by atoms with van der Waals surface area (Å²) in [4.78, 5) is 34.0. The van der Waals surface area contributed by atoms with Crippen LogP contribution in [0.1, 0.15) is 49.3 Å². The molecule has 3 aromatic rings. The van der Waals surface area contributed by atoms with Crippen LogP contribution in [-0.2, 0) is 4.79 Å². The number of H-pyrrole nitrogens is 1. The standard InChI is InChI=1S/C19H17F2N5O4.C2H6/c1-30-14-9(19(28)29)3-2-4-10(14)22-11-7-12(24-18(27)8-5-6-8)23-16-13(11)25-17(26-16)15(20)21;1-2/h2-4,7-8,15H,5-6H2,1H3,(H,28,29)(H3,22,23,24,25,26,27);1-2H3. The molecule has 170 valence electrons. The number of benzene rings is 1. The summed E-state index contributed by atoms with van der Waals surface area (Å²) in [7, 11) is 1.32. The number of halogens is 2. The second kappa shape index (κ2) is 9.58. The number of carboxylic acids is 1. The van der Waals surface area contributed by atoms with Crippen molar-refractivity contribution in [2.45, 2.75) is 33.1 Å². The summed E-state index contributed by atoms with van der Waals surface area (Å²) < 4.78 is 31.5. The Kier molecular flexibility index (Phi) is 6.86. The summed E-state index contributed by atoms with van der Waals surface area (Å²) in [6, 6.07) is 5.92. The van der Waals surface area contributed by atoms with E-state index in [0.717, 1.165) is 12.8 Å². The van der Waals surface area contributed by atoms with Crippen LogP contribution in [0.2, 0.25) is 0 Å². The fraction of sp³-hybridized carbons (Fsp3) is 0.333. The first-order valence-corrected chi connectivity index (χ1v) is 10.0. The molecule has 0 aliphatic heterocycles. The van der Waals surface area contributed by atoms with Gasteiger partial charge in [0, 0.05) is 12.0 Å². The number of nitrogens with one attached hydrogen (secondary N) is 3. The lowest BCUT2D eigenvalue weighted by Crippen LogP contribution is -2.14. The van der Waals surface area contributed by atoms with Gasteiger partial charge in [-0.1, -0.05) is 19.9 Å². The monoisotopic (exact) mass is 447 g/mol. The predicted octanol–water partition coefficient (Wildman–Crippen LogP) is 4.72. The van der Waals surface area contributed by atoms with Gasteiger partial charge in [0.2, 0.25) is 5.91 Å². The molecular formula is C21H23F2N5O4. The van der Waals surface area contributed by atoms with Gasteiger partial charge in [0.1, 0.15) is 16.9 Å². The van der Waals surface area contributed by atoms with Gasteiger partial charge in [-0.3, -0.25) is 4.79 Å². The molecule has 0 atom stereocenters. The summed E-state index contributed by atoms with van der Waals surface area (Å²) >= 11 is 0. The lowest BCUT2D eigenvalue weighted by molar-refractivity contribution is -0.117. The number of para-hydroxylation sites is 1. The molecule has 9 nitrogen and oxygen atoms in total. The topological polar surface area (TPSA) is 129 Å². The summed E-state index contributed by atoms with van der Waals surface area (Å²) in [6.45, 7) is 4.00. The van der Waals surface area contributed by atoms with Crippen molar-refractivity contribution in [2.24, 2.45) is 5.92 Å². The second-order valence-corrected chi connectivity index (χ2v) is 6.76. The minimum absolute atomic E-state index is 0.0187. The SMILES string of the molecule is CC.COc1c(Nc2cc(NC(=O)C3CC3)nc3nc(C(F)F)[nH]c23)cccc1C(=O)O. The van der Waals surface area contributed by atoms with Gasteiger partial charge >= 0.3 is 5.97 Å². The van der Waals surface area contributed by atoms with Crippen LogP contribution in [-0.4, -0.2) is 39.0 Å². The maximum atomic E-state index is 13.2. The van der Waals surface area contributed by atoms with E-state index in [-0.39, 0.29) is 51.5 Å². The first-order chi connectivity index (χ1) is 15.4. The van der Waals surface area contributed by atoms with E-state index in [1.165, 1.54) is 25.3 Å². The third-order valence-electron chi connectivity index (χ3n) is 4.60. The zero-order valence-corrected chi connectivity index (χ0v) is 17.7. The van der Waals surface area contributed by atoms with Crippen LogP contribution in [0.4, 0.5) is 26.0 Å². The summed E-state index contributed by atoms with van der Waals surface area (Å²) in [5.41, 5.74) is 0.643. The van der Waals surface area contributed by atoms with Crippen LogP contribution >= 0.6 is 0 Å². The number of anilines is 3. The maximum absolute atomic E-state index is 13.2. The molecule has 11 heteroatoms. The number of ether oxygens (including phenoxy) is 1. The average molecular weight is 447 g/mol. The van der Waals surface area contributed by atoms with E-state index < -0.39 is 18.2 Å². The molecule has 1 amide bonds. The molecule has 2 heterocycles. The zero-order chi connectivity index (χ0) is 23.4. The van der Waals surface area contributed by atoms with Gasteiger partial charge in [0.15, 0.2) is 17.2 Å². The number of carboxylic acid groups (broad SMARTS) is 1. The van der Waals surface area contributed by atoms with Crippen LogP contribution in [0.15, 0.2) is 24.3 Å². The molecule has 1 aliphatic carbocycles. The Labute approximate surface area is 182 Å². The number of carbonyl (C=O) groups is 2. The van der Waals surface area contributed by atoms with Crippen LogP contribution in [0.25, 0.3) is 11.2 Å². The van der Waals surface area contributed by atoms with Crippen molar-refractivity contribution >= 4 is 40.2 Å². The Hall–Kier alpha value is -3.76. The predicted molar refractivity (Wildman–Crippen MR) is 115 cm³/mol. The number of imidazole rings is 1. The van der Waals surface area contributed by atoms with Crippen LogP contribution < -0.4 is 15.4 Å². The molecule has 4 rings (SSSR count). The van der Waals surface area contributed by atoms with E-state index in [2.05, 4.69) is 25.6 Å². The van der Waals surface area contributed by atoms with Gasteiger partial charge in [-0.2, -0.15) is 0 Å². The third-order valence-corrected chi connectivity index (χ3v) is 4.60. The van der Waals surface area contributed by atoms with Crippen LogP contribution in [0, 0.1) is 5.92 Å². The number of carbonyl (C=O) groups excluding carboxylic acids is 1. The Morgan fingerprint density at radius 3 is 2.53 bits per heavy atom. The number of pyridine rings is 1. The number of methoxy groups -OCH3 is 1. The minimum Gasteiger partial charge on any atom is -0.494 e. The largest absolute Gasteiger partial charge is 0.494 e. The van der Waals surface area contributed by atoms with E-state index in [0.29, 0.717) is 0 Å². The van der Waals surface area contributed by atoms with Crippen molar-refractivity contribution in [2.75, 3.05) is 17.7 Å². The number of hydrogen-bond acceptors (Lipinski definition) is 6. The number of hydrogen-bond donors (Lipinski definition) is 4. The van der Waals surface area contributed by atoms with E-state index in [9.17, 15) is 23.5 Å². The molecule has 1 aliphatic rings. The lowest BCUT2D eigenvalue weighted by Gasteiger charge is -2.14. The molecule has 32 heavy (non-hydrogen) atoms. The van der Waals surface area contributed by atoms with Gasteiger partial charge in [-0.05, 0) is 25.0 Å². The van der Waals surface area contributed by atoms with Crippen molar-refractivity contribution in [3.63, 3.8) is 0 Å². The molecule has 0 radical (unpaired) electrons. The minimum atomic E-state index is -2.85. The van der Waals surface area contributed by atoms with Gasteiger partial charge in [-0.15, -0.1) is 0 Å². The van der Waals surface area contributed by atoms with E-state index >= 15 is 0 Å². The second-order valence-electron chi connectivity index (χ2n) is 6.76. The molecule has 1 saturated carbocycles. The summed E-state index contributed by atoms with van der Waals surface area (Å²) in [5.74, 6) is -1.84. The van der Waals surface area contributed by atoms with Crippen LogP contribution in [0.3, 0.4) is 0 Å². The first-order valence-electron chi connectivity index (χ1n) is 10.0. The molecule has 0 unspecified atom stereocenters. The molecule has 4 N–H and O–H groups in total. The number of alkyl halides is 2. The molecule has 0 spiro atoms. The number of nitrogens with zero attached hydrogens (tertiary/aromatic N) is 2. The van der Waals surface area contributed by atoms with Gasteiger partial charge in [-0.25, -0.2) is 23.5 Å². The zero-order valence-electron chi connectivity index (χ0n) is 17.7. The molecule has 1 fully saturated rings. The van der Waals surface area contributed by atoms with Crippen molar-refractivity contribution in [3.8, 4) is 5.75 Å². The van der Waals surface area contributed by atoms with Crippen molar-refractivity contribution < 1.29 is 28.2 Å². The number of aromatic nitrogens is 3. The fourth-order valence-corrected chi connectivity index (χ4v) is 3.01. The Balaban J connectivity index is 0.00000141. The highest BCUT2D eigenvalue weighted by atomic mass is 19.3. The number of aromatic amines is 1. The van der Waals surface area contributed by atoms with Gasteiger partial charge in [0.05, 0.1) is 18.5 Å². The van der Waals surface area contributed by atoms with Crippen molar-refractivity contribution in [1.29, 1.82) is 0 Å². The molecule has 0 saturated heterocycles. The molecule has 1 aromatic carbocycles. The highest BCUT2D eigenvalue weighted by Gasteiger charge is 2.30. The lowest BCUT2D eigenvalue weighted by atomic mass is 10.1. The summed E-state index contributed by atoms with van der Waals surface area (Å²) in [6.07, 6.45) is -1.27. The van der Waals surface area contributed by atoms with Gasteiger partial charge in [0.25, 0.3) is 6.43 Å². The van der Waals surface area contributed by atoms with E-state index in [1.807, 2.05) is 13.8 Å². The Morgan fingerprint density at radius 2 is 1.94 bits per heavy atom. The first kappa shape index (κ1) is 22.9. The fourth-order valence-electron chi connectivity index (χ4n) is 3.01. The molecule has 0 bridgehead atoms. The highest BCUT2D eigenvalue weighted by molar-refractivity contribution is 5.98.